The zero-order valence-corrected chi connectivity index (χ0v) is 14.0. The van der Waals surface area contributed by atoms with Crippen LogP contribution in [0, 0.1) is 0 Å². The van der Waals surface area contributed by atoms with Crippen LogP contribution in [0.5, 0.6) is 0 Å². The topological polar surface area (TPSA) is 68.9 Å². The third-order valence-electron chi connectivity index (χ3n) is 5.01. The molecule has 24 heavy (non-hydrogen) atoms. The number of benzene rings is 1. The van der Waals surface area contributed by atoms with E-state index in [2.05, 4.69) is 40.9 Å². The van der Waals surface area contributed by atoms with Crippen molar-refractivity contribution in [3.63, 3.8) is 0 Å². The lowest BCUT2D eigenvalue weighted by Crippen LogP contribution is -2.24. The van der Waals surface area contributed by atoms with Crippen molar-refractivity contribution in [2.75, 3.05) is 12.3 Å². The number of aromatic amines is 1. The second-order valence-electron chi connectivity index (χ2n) is 6.58. The Morgan fingerprint density at radius 3 is 2.88 bits per heavy atom. The highest BCUT2D eigenvalue weighted by molar-refractivity contribution is 5.86. The summed E-state index contributed by atoms with van der Waals surface area (Å²) in [5, 5.41) is 6.00. The van der Waals surface area contributed by atoms with Crippen LogP contribution in [0.15, 0.2) is 36.7 Å². The van der Waals surface area contributed by atoms with Crippen LogP contribution >= 0.6 is 0 Å². The first-order valence-corrected chi connectivity index (χ1v) is 8.78. The van der Waals surface area contributed by atoms with Gasteiger partial charge in [0.15, 0.2) is 0 Å². The van der Waals surface area contributed by atoms with Gasteiger partial charge < -0.3 is 15.5 Å². The zero-order valence-electron chi connectivity index (χ0n) is 14.0. The van der Waals surface area contributed by atoms with Gasteiger partial charge in [-0.2, -0.15) is 5.10 Å². The summed E-state index contributed by atoms with van der Waals surface area (Å²) in [6, 6.07) is 8.80. The van der Waals surface area contributed by atoms with Gasteiger partial charge in [0.2, 0.25) is 0 Å². The molecule has 2 aromatic heterocycles. The fraction of sp³-hybridized carbons (Fsp3) is 0.421. The summed E-state index contributed by atoms with van der Waals surface area (Å²) in [5.74, 6) is 0. The Morgan fingerprint density at radius 2 is 2.08 bits per heavy atom. The molecule has 0 aliphatic heterocycles. The standard InChI is InChI=1S/C19H24N4O/c1-2-24-16-7-5-15(6-8-16)23-12-17(20)19(22-23)14-4-3-13-9-10-21-18(13)11-14/h3-4,9-12,15-16,21H,2,5-8,20H2,1H3. The van der Waals surface area contributed by atoms with Crippen molar-refractivity contribution in [1.29, 1.82) is 0 Å². The Morgan fingerprint density at radius 1 is 1.25 bits per heavy atom. The van der Waals surface area contributed by atoms with Gasteiger partial charge in [-0.25, -0.2) is 0 Å². The van der Waals surface area contributed by atoms with Crippen molar-refractivity contribution in [1.82, 2.24) is 14.8 Å². The van der Waals surface area contributed by atoms with E-state index >= 15 is 0 Å². The molecule has 1 aliphatic carbocycles. The van der Waals surface area contributed by atoms with Gasteiger partial charge in [0.25, 0.3) is 0 Å². The summed E-state index contributed by atoms with van der Waals surface area (Å²) in [7, 11) is 0. The average molecular weight is 324 g/mol. The highest BCUT2D eigenvalue weighted by Crippen LogP contribution is 2.33. The Bertz CT molecular complexity index is 827. The summed E-state index contributed by atoms with van der Waals surface area (Å²) in [6.45, 7) is 2.86. The monoisotopic (exact) mass is 324 g/mol. The minimum Gasteiger partial charge on any atom is -0.396 e. The van der Waals surface area contributed by atoms with E-state index in [1.807, 2.05) is 12.4 Å². The first-order valence-electron chi connectivity index (χ1n) is 8.78. The van der Waals surface area contributed by atoms with Gasteiger partial charge >= 0.3 is 0 Å². The minimum absolute atomic E-state index is 0.411. The van der Waals surface area contributed by atoms with E-state index in [1.165, 1.54) is 5.39 Å². The molecule has 126 valence electrons. The van der Waals surface area contributed by atoms with E-state index < -0.39 is 0 Å². The molecule has 0 unspecified atom stereocenters. The summed E-state index contributed by atoms with van der Waals surface area (Å²) < 4.78 is 7.80. The van der Waals surface area contributed by atoms with Crippen molar-refractivity contribution in [2.24, 2.45) is 0 Å². The second-order valence-corrected chi connectivity index (χ2v) is 6.58. The molecule has 1 saturated carbocycles. The lowest BCUT2D eigenvalue weighted by atomic mass is 9.93. The summed E-state index contributed by atoms with van der Waals surface area (Å²) in [6.07, 6.45) is 8.74. The molecular weight excluding hydrogens is 300 g/mol. The molecule has 5 nitrogen and oxygen atoms in total. The number of aromatic nitrogens is 3. The summed E-state index contributed by atoms with van der Waals surface area (Å²) >= 11 is 0. The first kappa shape index (κ1) is 15.3. The third kappa shape index (κ3) is 2.80. The molecule has 2 heterocycles. The fourth-order valence-electron chi connectivity index (χ4n) is 3.72. The van der Waals surface area contributed by atoms with Crippen molar-refractivity contribution >= 4 is 16.6 Å². The third-order valence-corrected chi connectivity index (χ3v) is 5.01. The Balaban J connectivity index is 1.56. The highest BCUT2D eigenvalue weighted by atomic mass is 16.5. The number of hydrogen-bond donors (Lipinski definition) is 2. The van der Waals surface area contributed by atoms with Crippen molar-refractivity contribution in [3.05, 3.63) is 36.7 Å². The number of nitrogens with two attached hydrogens (primary N) is 1. The number of H-pyrrole nitrogens is 1. The van der Waals surface area contributed by atoms with Crippen LogP contribution in [0.2, 0.25) is 0 Å². The van der Waals surface area contributed by atoms with Crippen LogP contribution in [0.4, 0.5) is 5.69 Å². The van der Waals surface area contributed by atoms with Crippen molar-refractivity contribution in [2.45, 2.75) is 44.8 Å². The molecule has 1 fully saturated rings. The molecule has 5 heteroatoms. The SMILES string of the molecule is CCOC1CCC(n2cc(N)c(-c3ccc4cc[nH]c4c3)n2)CC1. The smallest absolute Gasteiger partial charge is 0.115 e. The number of anilines is 1. The van der Waals surface area contributed by atoms with E-state index in [1.54, 1.807) is 0 Å². The van der Waals surface area contributed by atoms with E-state index in [4.69, 9.17) is 15.6 Å². The molecule has 1 aliphatic rings. The largest absolute Gasteiger partial charge is 0.396 e. The number of rotatable bonds is 4. The maximum atomic E-state index is 6.26. The van der Waals surface area contributed by atoms with Crippen LogP contribution < -0.4 is 5.73 Å². The normalized spacial score (nSPS) is 21.4. The Labute approximate surface area is 141 Å². The molecule has 3 N–H and O–H groups in total. The Hall–Kier alpha value is -2.27. The average Bonchev–Trinajstić information content (AvgIpc) is 3.21. The quantitative estimate of drug-likeness (QED) is 0.758. The zero-order chi connectivity index (χ0) is 16.5. The van der Waals surface area contributed by atoms with Gasteiger partial charge in [0.05, 0.1) is 17.8 Å². The van der Waals surface area contributed by atoms with E-state index in [9.17, 15) is 0 Å². The minimum atomic E-state index is 0.411. The predicted octanol–water partition coefficient (Wildman–Crippen LogP) is 4.13. The molecule has 4 rings (SSSR count). The number of nitrogens with zero attached hydrogens (tertiary/aromatic N) is 2. The summed E-state index contributed by atoms with van der Waals surface area (Å²) in [4.78, 5) is 3.25. The van der Waals surface area contributed by atoms with Crippen LogP contribution in [0.1, 0.15) is 38.6 Å². The van der Waals surface area contributed by atoms with Crippen molar-refractivity contribution in [3.8, 4) is 11.3 Å². The van der Waals surface area contributed by atoms with Gasteiger partial charge in [0, 0.05) is 30.1 Å². The number of ether oxygens (including phenoxy) is 1. The van der Waals surface area contributed by atoms with Gasteiger partial charge in [0.1, 0.15) is 5.69 Å². The van der Waals surface area contributed by atoms with Gasteiger partial charge in [-0.1, -0.05) is 12.1 Å². The number of hydrogen-bond acceptors (Lipinski definition) is 3. The van der Waals surface area contributed by atoms with Crippen LogP contribution in [-0.2, 0) is 4.74 Å². The molecule has 0 spiro atoms. The van der Waals surface area contributed by atoms with Crippen LogP contribution in [0.3, 0.4) is 0 Å². The molecule has 0 bridgehead atoms. The second kappa shape index (κ2) is 6.32. The maximum Gasteiger partial charge on any atom is 0.115 e. The van der Waals surface area contributed by atoms with Crippen LogP contribution in [0.25, 0.3) is 22.2 Å². The molecule has 0 radical (unpaired) electrons. The number of fused-ring (bicyclic) bond motifs is 1. The first-order chi connectivity index (χ1) is 11.7. The van der Waals surface area contributed by atoms with E-state index in [-0.39, 0.29) is 0 Å². The number of nitrogen functional groups attached to an aromatic ring is 1. The molecule has 3 aromatic rings. The highest BCUT2D eigenvalue weighted by Gasteiger charge is 2.24. The number of nitrogens with one attached hydrogen (secondary N) is 1. The summed E-state index contributed by atoms with van der Waals surface area (Å²) in [5.41, 5.74) is 10.0. The van der Waals surface area contributed by atoms with E-state index in [0.717, 1.165) is 54.8 Å². The lowest BCUT2D eigenvalue weighted by molar-refractivity contribution is 0.0260. The van der Waals surface area contributed by atoms with Gasteiger partial charge in [-0.15, -0.1) is 0 Å². The predicted molar refractivity (Wildman–Crippen MR) is 96.9 cm³/mol. The lowest BCUT2D eigenvalue weighted by Gasteiger charge is -2.28. The van der Waals surface area contributed by atoms with Gasteiger partial charge in [-0.3, -0.25) is 4.68 Å². The molecule has 0 saturated heterocycles. The fourth-order valence-corrected chi connectivity index (χ4v) is 3.72. The van der Waals surface area contributed by atoms with E-state index in [0.29, 0.717) is 12.1 Å². The Kier molecular flexibility index (Phi) is 4.02. The van der Waals surface area contributed by atoms with Crippen molar-refractivity contribution < 1.29 is 4.74 Å². The molecular formula is C19H24N4O. The van der Waals surface area contributed by atoms with Crippen LogP contribution in [-0.4, -0.2) is 27.5 Å². The maximum absolute atomic E-state index is 6.26. The molecule has 0 atom stereocenters. The van der Waals surface area contributed by atoms with Gasteiger partial charge in [-0.05, 0) is 50.1 Å². The molecule has 0 amide bonds. The molecule has 1 aromatic carbocycles.